The third kappa shape index (κ3) is 3.74. The van der Waals surface area contributed by atoms with Crippen LogP contribution in [0.15, 0.2) is 47.5 Å². The van der Waals surface area contributed by atoms with Gasteiger partial charge in [0.15, 0.2) is 5.65 Å². The summed E-state index contributed by atoms with van der Waals surface area (Å²) in [5, 5.41) is 3.80. The van der Waals surface area contributed by atoms with Gasteiger partial charge in [0.25, 0.3) is 5.91 Å². The Hall–Kier alpha value is -3.47. The Labute approximate surface area is 208 Å². The van der Waals surface area contributed by atoms with Crippen LogP contribution in [-0.4, -0.2) is 51.1 Å². The number of nitrogens with zero attached hydrogens (tertiary/aromatic N) is 5. The highest BCUT2D eigenvalue weighted by atomic mass is 35.5. The van der Waals surface area contributed by atoms with Gasteiger partial charge in [-0.15, -0.1) is 11.3 Å². The van der Waals surface area contributed by atoms with E-state index in [0.717, 1.165) is 29.1 Å². The van der Waals surface area contributed by atoms with Crippen molar-refractivity contribution in [3.05, 3.63) is 69.4 Å². The number of hydrogen-bond acceptors (Lipinski definition) is 7. The second-order valence-electron chi connectivity index (χ2n) is 8.34. The molecule has 6 rings (SSSR count). The van der Waals surface area contributed by atoms with E-state index in [0.29, 0.717) is 39.9 Å². The van der Waals surface area contributed by atoms with Crippen molar-refractivity contribution in [2.24, 2.45) is 7.05 Å². The topological polar surface area (TPSA) is 93.8 Å². The zero-order valence-corrected chi connectivity index (χ0v) is 20.4. The number of rotatable bonds is 4. The first kappa shape index (κ1) is 22.0. The average Bonchev–Trinajstić information content (AvgIpc) is 3.45. The van der Waals surface area contributed by atoms with E-state index in [9.17, 15) is 9.59 Å². The highest BCUT2D eigenvalue weighted by Crippen LogP contribution is 2.33. The molecule has 1 fully saturated rings. The Morgan fingerprint density at radius 2 is 2.06 bits per heavy atom. The quantitative estimate of drug-likeness (QED) is 0.400. The third-order valence-corrected chi connectivity index (χ3v) is 7.60. The van der Waals surface area contributed by atoms with E-state index in [4.69, 9.17) is 21.3 Å². The molecular weight excluding hydrogens is 488 g/mol. The summed E-state index contributed by atoms with van der Waals surface area (Å²) >= 11 is 7.71. The zero-order valence-electron chi connectivity index (χ0n) is 18.8. The van der Waals surface area contributed by atoms with E-state index in [1.807, 2.05) is 34.2 Å². The van der Waals surface area contributed by atoms with E-state index in [1.165, 1.54) is 11.3 Å². The van der Waals surface area contributed by atoms with E-state index in [2.05, 4.69) is 15.2 Å². The Bertz CT molecular complexity index is 1670. The molecule has 5 heterocycles. The lowest BCUT2D eigenvalue weighted by molar-refractivity contribution is 0.0950. The summed E-state index contributed by atoms with van der Waals surface area (Å²) in [5.41, 5.74) is 1.04. The van der Waals surface area contributed by atoms with Crippen LogP contribution in [0.1, 0.15) is 16.2 Å². The molecule has 0 spiro atoms. The van der Waals surface area contributed by atoms with Gasteiger partial charge in [0.1, 0.15) is 22.0 Å². The normalized spacial score (nSPS) is 14.3. The number of halogens is 1. The maximum absolute atomic E-state index is 13.7. The Kier molecular flexibility index (Phi) is 5.43. The van der Waals surface area contributed by atoms with Crippen LogP contribution in [0.2, 0.25) is 5.02 Å². The van der Waals surface area contributed by atoms with Crippen molar-refractivity contribution >= 4 is 60.7 Å². The molecule has 1 aliphatic rings. The van der Waals surface area contributed by atoms with Crippen LogP contribution in [0.5, 0.6) is 0 Å². The van der Waals surface area contributed by atoms with Gasteiger partial charge < -0.3 is 19.5 Å². The summed E-state index contributed by atoms with van der Waals surface area (Å²) in [4.78, 5) is 38.8. The molecule has 1 aliphatic heterocycles. The number of thiazole rings is 1. The molecule has 0 saturated carbocycles. The van der Waals surface area contributed by atoms with Gasteiger partial charge >= 0.3 is 0 Å². The molecule has 0 atom stereocenters. The summed E-state index contributed by atoms with van der Waals surface area (Å²) in [6.45, 7) is 2.90. The zero-order chi connectivity index (χ0) is 24.1. The number of pyridine rings is 2. The molecule has 4 aromatic heterocycles. The van der Waals surface area contributed by atoms with Gasteiger partial charge in [0.2, 0.25) is 5.43 Å². The highest BCUT2D eigenvalue weighted by molar-refractivity contribution is 7.24. The summed E-state index contributed by atoms with van der Waals surface area (Å²) in [5.74, 6) is 1.00. The van der Waals surface area contributed by atoms with Crippen LogP contribution in [0.4, 0.5) is 5.82 Å². The highest BCUT2D eigenvalue weighted by Gasteiger charge is 2.24. The number of aromatic nitrogens is 4. The van der Waals surface area contributed by atoms with Crippen molar-refractivity contribution in [2.75, 3.05) is 31.2 Å². The molecule has 1 aromatic carbocycles. The van der Waals surface area contributed by atoms with Crippen LogP contribution in [0.25, 0.3) is 26.1 Å². The van der Waals surface area contributed by atoms with Crippen molar-refractivity contribution in [2.45, 2.75) is 6.54 Å². The lowest BCUT2D eigenvalue weighted by Gasteiger charge is -2.27. The van der Waals surface area contributed by atoms with Crippen molar-refractivity contribution in [3.63, 3.8) is 0 Å². The molecule has 5 aromatic rings. The van der Waals surface area contributed by atoms with Crippen molar-refractivity contribution < 1.29 is 9.53 Å². The number of aryl methyl sites for hydroxylation is 1. The Morgan fingerprint density at radius 1 is 1.23 bits per heavy atom. The molecule has 0 bridgehead atoms. The number of anilines is 1. The van der Waals surface area contributed by atoms with Crippen molar-refractivity contribution in [3.8, 4) is 0 Å². The van der Waals surface area contributed by atoms with Gasteiger partial charge in [-0.2, -0.15) is 0 Å². The molecule has 0 unspecified atom stereocenters. The standard InChI is InChI=1S/C24H21ClN6O3S/c1-29-7-6-26-19(29)13-27-23(33)20-21(32)15-3-5-18(30-8-10-34-11-9-30)28-22(15)31-16-12-14(25)2-4-17(16)35-24(20)31/h2-7,12H,8-11,13H2,1H3,(H,27,33). The number of fused-ring (bicyclic) bond motifs is 5. The summed E-state index contributed by atoms with van der Waals surface area (Å²) in [6, 6.07) is 9.12. The second-order valence-corrected chi connectivity index (χ2v) is 9.80. The van der Waals surface area contributed by atoms with Gasteiger partial charge in [-0.3, -0.25) is 14.0 Å². The first-order valence-corrected chi connectivity index (χ1v) is 12.4. The van der Waals surface area contributed by atoms with Crippen molar-refractivity contribution in [1.82, 2.24) is 24.3 Å². The molecule has 0 aliphatic carbocycles. The predicted octanol–water partition coefficient (Wildman–Crippen LogP) is 3.22. The number of imidazole rings is 1. The van der Waals surface area contributed by atoms with Gasteiger partial charge in [0.05, 0.1) is 35.4 Å². The molecule has 1 N–H and O–H groups in total. The number of amides is 1. The number of carbonyl (C=O) groups is 1. The van der Waals surface area contributed by atoms with E-state index >= 15 is 0 Å². The van der Waals surface area contributed by atoms with E-state index < -0.39 is 5.91 Å². The number of hydrogen-bond donors (Lipinski definition) is 1. The number of ether oxygens (including phenoxy) is 1. The number of morpholine rings is 1. The van der Waals surface area contributed by atoms with Gasteiger partial charge in [-0.1, -0.05) is 11.6 Å². The van der Waals surface area contributed by atoms with E-state index in [-0.39, 0.29) is 17.5 Å². The molecule has 11 heteroatoms. The second kappa shape index (κ2) is 8.63. The Balaban J connectivity index is 1.57. The summed E-state index contributed by atoms with van der Waals surface area (Å²) in [7, 11) is 1.85. The van der Waals surface area contributed by atoms with Crippen LogP contribution in [0, 0.1) is 0 Å². The number of carbonyl (C=O) groups excluding carboxylic acids is 1. The monoisotopic (exact) mass is 508 g/mol. The lowest BCUT2D eigenvalue weighted by Crippen LogP contribution is -2.36. The van der Waals surface area contributed by atoms with Crippen LogP contribution in [0.3, 0.4) is 0 Å². The first-order chi connectivity index (χ1) is 17.0. The lowest BCUT2D eigenvalue weighted by atomic mass is 10.1. The predicted molar refractivity (Wildman–Crippen MR) is 137 cm³/mol. The maximum Gasteiger partial charge on any atom is 0.258 e. The number of benzene rings is 1. The van der Waals surface area contributed by atoms with Crippen LogP contribution >= 0.6 is 22.9 Å². The summed E-state index contributed by atoms with van der Waals surface area (Å²) < 4.78 is 10.1. The van der Waals surface area contributed by atoms with Crippen LogP contribution < -0.4 is 15.6 Å². The molecule has 35 heavy (non-hydrogen) atoms. The third-order valence-electron chi connectivity index (χ3n) is 6.22. The fraction of sp³-hybridized carbons (Fsp3) is 0.250. The smallest absolute Gasteiger partial charge is 0.258 e. The largest absolute Gasteiger partial charge is 0.378 e. The van der Waals surface area contributed by atoms with E-state index in [1.54, 1.807) is 24.5 Å². The van der Waals surface area contributed by atoms with Crippen LogP contribution in [-0.2, 0) is 18.3 Å². The summed E-state index contributed by atoms with van der Waals surface area (Å²) in [6.07, 6.45) is 3.47. The molecule has 0 radical (unpaired) electrons. The molecule has 1 amide bonds. The molecule has 9 nitrogen and oxygen atoms in total. The SMILES string of the molecule is Cn1ccnc1CNC(=O)c1c(=O)c2ccc(N3CCOCC3)nc2n2c1sc1ccc(Cl)cc12. The maximum atomic E-state index is 13.7. The fourth-order valence-corrected chi connectivity index (χ4v) is 5.71. The first-order valence-electron chi connectivity index (χ1n) is 11.2. The molecule has 1 saturated heterocycles. The minimum Gasteiger partial charge on any atom is -0.378 e. The average molecular weight is 509 g/mol. The molecule has 178 valence electrons. The van der Waals surface area contributed by atoms with Gasteiger partial charge in [-0.05, 0) is 30.3 Å². The minimum absolute atomic E-state index is 0.0879. The van der Waals surface area contributed by atoms with Gasteiger partial charge in [0, 0.05) is 37.6 Å². The van der Waals surface area contributed by atoms with Gasteiger partial charge in [-0.25, -0.2) is 9.97 Å². The van der Waals surface area contributed by atoms with Crippen molar-refractivity contribution in [1.29, 1.82) is 0 Å². The molecular formula is C24H21ClN6O3S. The Morgan fingerprint density at radius 3 is 2.83 bits per heavy atom. The number of nitrogens with one attached hydrogen (secondary N) is 1. The minimum atomic E-state index is -0.452. The fourth-order valence-electron chi connectivity index (χ4n) is 4.39.